The van der Waals surface area contributed by atoms with Crippen molar-refractivity contribution in [3.05, 3.63) is 65.2 Å². The van der Waals surface area contributed by atoms with Crippen LogP contribution in [0.2, 0.25) is 0 Å². The molecule has 31 heavy (non-hydrogen) atoms. The van der Waals surface area contributed by atoms with Crippen molar-refractivity contribution in [1.29, 1.82) is 0 Å². The Morgan fingerprint density at radius 2 is 1.84 bits per heavy atom. The van der Waals surface area contributed by atoms with Crippen LogP contribution in [0.15, 0.2) is 48.5 Å². The van der Waals surface area contributed by atoms with Gasteiger partial charge in [-0.3, -0.25) is 10.1 Å². The van der Waals surface area contributed by atoms with E-state index in [1.807, 2.05) is 36.1 Å². The number of ether oxygens (including phenoxy) is 2. The zero-order valence-corrected chi connectivity index (χ0v) is 19.6. The number of carbonyl (C=O) groups is 1. The Kier molecular flexibility index (Phi) is 7.39. The van der Waals surface area contributed by atoms with Gasteiger partial charge in [-0.1, -0.05) is 63.2 Å². The summed E-state index contributed by atoms with van der Waals surface area (Å²) < 4.78 is 11.0. The molecule has 1 aliphatic rings. The Bertz CT molecular complexity index is 876. The summed E-state index contributed by atoms with van der Waals surface area (Å²) >= 11 is 0. The number of rotatable bonds is 7. The van der Waals surface area contributed by atoms with Crippen LogP contribution in [0.4, 0.5) is 0 Å². The number of nitrogens with one attached hydrogen (secondary N) is 1. The highest BCUT2D eigenvalue weighted by atomic mass is 16.5. The highest BCUT2D eigenvalue weighted by molar-refractivity contribution is 5.81. The molecule has 1 N–H and O–H groups in total. The molecule has 1 aliphatic heterocycles. The molecule has 2 aromatic rings. The second kappa shape index (κ2) is 9.84. The van der Waals surface area contributed by atoms with E-state index in [0.717, 1.165) is 29.7 Å². The summed E-state index contributed by atoms with van der Waals surface area (Å²) in [6.45, 7) is 9.07. The van der Waals surface area contributed by atoms with E-state index in [-0.39, 0.29) is 23.5 Å². The van der Waals surface area contributed by atoms with Gasteiger partial charge in [0, 0.05) is 19.2 Å². The van der Waals surface area contributed by atoms with Crippen molar-refractivity contribution >= 4 is 5.91 Å². The van der Waals surface area contributed by atoms with Gasteiger partial charge >= 0.3 is 0 Å². The highest BCUT2D eigenvalue weighted by Crippen LogP contribution is 2.36. The summed E-state index contributed by atoms with van der Waals surface area (Å²) in [5, 5.41) is 3.63. The van der Waals surface area contributed by atoms with Crippen molar-refractivity contribution in [1.82, 2.24) is 10.2 Å². The first-order valence-electron chi connectivity index (χ1n) is 11.1. The molecule has 0 radical (unpaired) electrons. The maximum Gasteiger partial charge on any atom is 0.253 e. The minimum absolute atomic E-state index is 0.0155. The zero-order chi connectivity index (χ0) is 22.6. The van der Waals surface area contributed by atoms with Crippen LogP contribution in [-0.4, -0.2) is 37.3 Å². The van der Waals surface area contributed by atoms with Crippen molar-refractivity contribution in [3.8, 4) is 5.75 Å². The quantitative estimate of drug-likeness (QED) is 0.693. The third-order valence-corrected chi connectivity index (χ3v) is 6.20. The Morgan fingerprint density at radius 3 is 2.45 bits per heavy atom. The van der Waals surface area contributed by atoms with Crippen molar-refractivity contribution in [3.63, 3.8) is 0 Å². The van der Waals surface area contributed by atoms with Gasteiger partial charge in [-0.15, -0.1) is 0 Å². The standard InChI is InChI=1S/C26H36N2O3/c1-18(30-5)25(29)28-22(19-10-8-7-9-11-19)13-15-24(28)27-17-20-16-21(26(2,3)4)12-14-23(20)31-6/h7-12,14,16,18,22,24,27H,13,15,17H2,1-6H3/t18-,22?,24?/m1/s1. The van der Waals surface area contributed by atoms with Gasteiger partial charge in [-0.25, -0.2) is 0 Å². The molecular formula is C26H36N2O3. The summed E-state index contributed by atoms with van der Waals surface area (Å²) in [5.41, 5.74) is 3.59. The molecule has 0 aromatic heterocycles. The van der Waals surface area contributed by atoms with Crippen molar-refractivity contribution in [2.75, 3.05) is 14.2 Å². The Labute approximate surface area is 186 Å². The number of hydrogen-bond donors (Lipinski definition) is 1. The molecule has 0 spiro atoms. The average molecular weight is 425 g/mol. The van der Waals surface area contributed by atoms with Crippen LogP contribution < -0.4 is 10.1 Å². The minimum atomic E-state index is -0.479. The largest absolute Gasteiger partial charge is 0.496 e. The number of likely N-dealkylation sites (tertiary alicyclic amines) is 1. The number of hydrogen-bond acceptors (Lipinski definition) is 4. The molecule has 1 heterocycles. The molecule has 0 bridgehead atoms. The first-order valence-corrected chi connectivity index (χ1v) is 11.1. The Morgan fingerprint density at radius 1 is 1.13 bits per heavy atom. The van der Waals surface area contributed by atoms with E-state index in [1.165, 1.54) is 5.56 Å². The predicted octanol–water partition coefficient (Wildman–Crippen LogP) is 4.81. The lowest BCUT2D eigenvalue weighted by molar-refractivity contribution is -0.144. The molecule has 2 unspecified atom stereocenters. The first-order chi connectivity index (χ1) is 14.8. The SMILES string of the molecule is COc1ccc(C(C)(C)C)cc1CNC1CCC(c2ccccc2)N1C(=O)[C@@H](C)OC. The maximum atomic E-state index is 13.2. The molecule has 3 atom stereocenters. The van der Waals surface area contributed by atoms with Crippen LogP contribution in [0.1, 0.15) is 63.3 Å². The lowest BCUT2D eigenvalue weighted by Gasteiger charge is -2.33. The molecule has 5 heteroatoms. The number of benzene rings is 2. The van der Waals surface area contributed by atoms with Crippen molar-refractivity contribution < 1.29 is 14.3 Å². The monoisotopic (exact) mass is 424 g/mol. The van der Waals surface area contributed by atoms with Gasteiger partial charge in [0.05, 0.1) is 19.3 Å². The third kappa shape index (κ3) is 5.28. The highest BCUT2D eigenvalue weighted by Gasteiger charge is 2.39. The first kappa shape index (κ1) is 23.3. The molecule has 168 valence electrons. The van der Waals surface area contributed by atoms with Gasteiger partial charge in [0.25, 0.3) is 5.91 Å². The van der Waals surface area contributed by atoms with Gasteiger partial charge < -0.3 is 14.4 Å². The lowest BCUT2D eigenvalue weighted by atomic mass is 9.86. The summed E-state index contributed by atoms with van der Waals surface area (Å²) in [6.07, 6.45) is 1.28. The van der Waals surface area contributed by atoms with Crippen LogP contribution in [-0.2, 0) is 21.5 Å². The second-order valence-electron chi connectivity index (χ2n) is 9.30. The minimum Gasteiger partial charge on any atom is -0.496 e. The number of nitrogens with zero attached hydrogens (tertiary/aromatic N) is 1. The van der Waals surface area contributed by atoms with Crippen LogP contribution >= 0.6 is 0 Å². The van der Waals surface area contributed by atoms with E-state index < -0.39 is 6.10 Å². The molecule has 0 saturated carbocycles. The number of methoxy groups -OCH3 is 2. The zero-order valence-electron chi connectivity index (χ0n) is 19.6. The molecule has 1 fully saturated rings. The normalized spacial score (nSPS) is 20.0. The average Bonchev–Trinajstić information content (AvgIpc) is 3.20. The van der Waals surface area contributed by atoms with Gasteiger partial charge in [0.2, 0.25) is 0 Å². The van der Waals surface area contributed by atoms with Crippen molar-refractivity contribution in [2.24, 2.45) is 0 Å². The topological polar surface area (TPSA) is 50.8 Å². The van der Waals surface area contributed by atoms with Gasteiger partial charge in [-0.05, 0) is 42.4 Å². The van der Waals surface area contributed by atoms with E-state index in [1.54, 1.807) is 14.2 Å². The predicted molar refractivity (Wildman–Crippen MR) is 124 cm³/mol. The summed E-state index contributed by atoms with van der Waals surface area (Å²) in [5.74, 6) is 0.878. The lowest BCUT2D eigenvalue weighted by Crippen LogP contribution is -2.49. The maximum absolute atomic E-state index is 13.2. The van der Waals surface area contributed by atoms with Crippen molar-refractivity contribution in [2.45, 2.75) is 70.8 Å². The van der Waals surface area contributed by atoms with Crippen LogP contribution in [0.25, 0.3) is 0 Å². The Hall–Kier alpha value is -2.37. The van der Waals surface area contributed by atoms with E-state index in [9.17, 15) is 4.79 Å². The molecular weight excluding hydrogens is 388 g/mol. The summed E-state index contributed by atoms with van der Waals surface area (Å²) in [6, 6.07) is 16.7. The van der Waals surface area contributed by atoms with E-state index in [2.05, 4.69) is 50.4 Å². The van der Waals surface area contributed by atoms with E-state index >= 15 is 0 Å². The fourth-order valence-corrected chi connectivity index (χ4v) is 4.24. The van der Waals surface area contributed by atoms with Gasteiger partial charge in [-0.2, -0.15) is 0 Å². The smallest absolute Gasteiger partial charge is 0.253 e. The second-order valence-corrected chi connectivity index (χ2v) is 9.30. The number of carbonyl (C=O) groups excluding carboxylic acids is 1. The molecule has 3 rings (SSSR count). The number of amides is 1. The van der Waals surface area contributed by atoms with Gasteiger partial charge in [0.15, 0.2) is 0 Å². The van der Waals surface area contributed by atoms with Crippen LogP contribution in [0.5, 0.6) is 5.75 Å². The fourth-order valence-electron chi connectivity index (χ4n) is 4.24. The molecule has 2 aromatic carbocycles. The fraction of sp³-hybridized carbons (Fsp3) is 0.500. The molecule has 1 amide bonds. The third-order valence-electron chi connectivity index (χ3n) is 6.20. The van der Waals surface area contributed by atoms with E-state index in [0.29, 0.717) is 6.54 Å². The van der Waals surface area contributed by atoms with E-state index in [4.69, 9.17) is 9.47 Å². The van der Waals surface area contributed by atoms with Gasteiger partial charge in [0.1, 0.15) is 11.9 Å². The summed E-state index contributed by atoms with van der Waals surface area (Å²) in [4.78, 5) is 15.2. The molecule has 5 nitrogen and oxygen atoms in total. The summed E-state index contributed by atoms with van der Waals surface area (Å²) in [7, 11) is 3.29. The van der Waals surface area contributed by atoms with Crippen LogP contribution in [0.3, 0.4) is 0 Å². The Balaban J connectivity index is 1.84. The molecule has 0 aliphatic carbocycles. The van der Waals surface area contributed by atoms with Crippen LogP contribution in [0, 0.1) is 0 Å². The molecule has 1 saturated heterocycles.